The third-order valence-corrected chi connectivity index (χ3v) is 5.72. The summed E-state index contributed by atoms with van der Waals surface area (Å²) >= 11 is 0. The van der Waals surface area contributed by atoms with E-state index < -0.39 is 0 Å². The molecule has 1 saturated heterocycles. The van der Waals surface area contributed by atoms with Crippen LogP contribution in [0, 0.1) is 6.92 Å². The molecule has 0 atom stereocenters. The number of imidazole rings is 1. The summed E-state index contributed by atoms with van der Waals surface area (Å²) in [6.45, 7) is 10.9. The number of aromatic hydroxyl groups is 1. The summed E-state index contributed by atoms with van der Waals surface area (Å²) < 4.78 is 0. The van der Waals surface area contributed by atoms with E-state index in [1.165, 1.54) is 0 Å². The molecule has 0 saturated carbocycles. The average molecular weight is 395 g/mol. The minimum absolute atomic E-state index is 0.0664. The zero-order chi connectivity index (χ0) is 21.0. The number of fused-ring (bicyclic) bond motifs is 1. The van der Waals surface area contributed by atoms with E-state index in [2.05, 4.69) is 65.1 Å². The monoisotopic (exact) mass is 394 g/mol. The van der Waals surface area contributed by atoms with Crippen molar-refractivity contribution < 1.29 is 5.11 Å². The topological polar surface area (TPSA) is 90.0 Å². The van der Waals surface area contributed by atoms with Gasteiger partial charge in [-0.15, -0.1) is 10.2 Å². The quantitative estimate of drug-likeness (QED) is 0.626. The summed E-state index contributed by atoms with van der Waals surface area (Å²) in [5.74, 6) is 1.81. The number of phenolic OH excluding ortho intramolecular Hbond substituents is 1. The second kappa shape index (κ2) is 6.69. The van der Waals surface area contributed by atoms with Gasteiger partial charge in [-0.25, -0.2) is 4.98 Å². The van der Waals surface area contributed by atoms with Crippen LogP contribution < -0.4 is 10.2 Å². The zero-order valence-electron chi connectivity index (χ0n) is 18.0. The van der Waals surface area contributed by atoms with Crippen molar-refractivity contribution in [2.75, 3.05) is 11.9 Å². The highest BCUT2D eigenvalue weighted by Crippen LogP contribution is 2.34. The number of H-pyrrole nitrogens is 1. The summed E-state index contributed by atoms with van der Waals surface area (Å²) in [6.07, 6.45) is 2.07. The molecule has 3 aromatic rings. The van der Waals surface area contributed by atoms with Crippen LogP contribution in [-0.2, 0) is 0 Å². The second-order valence-electron chi connectivity index (χ2n) is 9.55. The number of anilines is 1. The SMILES string of the molecule is Cc1nc2cc(-c3ccc(N(C)C4CC(C)(C)NC(C)(C)C4)nn3)c(O)cc2[nH]1. The van der Waals surface area contributed by atoms with Gasteiger partial charge in [0.25, 0.3) is 0 Å². The van der Waals surface area contributed by atoms with Crippen molar-refractivity contribution in [3.05, 3.63) is 30.1 Å². The maximum absolute atomic E-state index is 10.4. The van der Waals surface area contributed by atoms with E-state index in [0.717, 1.165) is 35.5 Å². The van der Waals surface area contributed by atoms with Crippen LogP contribution in [0.2, 0.25) is 0 Å². The van der Waals surface area contributed by atoms with Gasteiger partial charge in [-0.05, 0) is 65.7 Å². The molecule has 0 amide bonds. The fourth-order valence-corrected chi connectivity index (χ4v) is 4.76. The maximum atomic E-state index is 10.4. The number of nitrogens with one attached hydrogen (secondary N) is 2. The van der Waals surface area contributed by atoms with Crippen molar-refractivity contribution in [2.24, 2.45) is 0 Å². The third kappa shape index (κ3) is 3.92. The van der Waals surface area contributed by atoms with Crippen LogP contribution in [0.25, 0.3) is 22.3 Å². The maximum Gasteiger partial charge on any atom is 0.151 e. The molecule has 2 aromatic heterocycles. The van der Waals surface area contributed by atoms with Gasteiger partial charge in [-0.3, -0.25) is 0 Å². The molecule has 0 bridgehead atoms. The Labute approximate surface area is 171 Å². The molecular formula is C22H30N6O. The average Bonchev–Trinajstić information content (AvgIpc) is 2.97. The van der Waals surface area contributed by atoms with Crippen molar-refractivity contribution in [2.45, 2.75) is 64.6 Å². The van der Waals surface area contributed by atoms with E-state index in [-0.39, 0.29) is 16.8 Å². The predicted molar refractivity (Wildman–Crippen MR) is 116 cm³/mol. The number of hydrogen-bond donors (Lipinski definition) is 3. The predicted octanol–water partition coefficient (Wildman–Crippen LogP) is 3.78. The van der Waals surface area contributed by atoms with Gasteiger partial charge in [0.1, 0.15) is 11.6 Å². The number of benzene rings is 1. The first-order valence-corrected chi connectivity index (χ1v) is 10.1. The van der Waals surface area contributed by atoms with Crippen molar-refractivity contribution in [3.63, 3.8) is 0 Å². The highest BCUT2D eigenvalue weighted by atomic mass is 16.3. The Morgan fingerprint density at radius 2 is 1.76 bits per heavy atom. The minimum Gasteiger partial charge on any atom is -0.507 e. The van der Waals surface area contributed by atoms with Crippen LogP contribution in [0.3, 0.4) is 0 Å². The van der Waals surface area contributed by atoms with Crippen LogP contribution in [0.4, 0.5) is 5.82 Å². The summed E-state index contributed by atoms with van der Waals surface area (Å²) in [4.78, 5) is 9.80. The number of piperidine rings is 1. The second-order valence-corrected chi connectivity index (χ2v) is 9.55. The van der Waals surface area contributed by atoms with Crippen molar-refractivity contribution in [1.29, 1.82) is 0 Å². The summed E-state index contributed by atoms with van der Waals surface area (Å²) in [5, 5.41) is 23.0. The first-order chi connectivity index (χ1) is 13.5. The standard InChI is InChI=1S/C22H30N6O/c1-13-23-17-9-15(19(29)10-18(17)24-13)16-7-8-20(26-25-16)28(6)14-11-21(2,3)27-22(4,5)12-14/h7-10,14,27,29H,11-12H2,1-6H3,(H,23,24). The van der Waals surface area contributed by atoms with E-state index in [1.54, 1.807) is 6.07 Å². The molecule has 0 aliphatic carbocycles. The Balaban J connectivity index is 1.60. The van der Waals surface area contributed by atoms with Crippen LogP contribution in [-0.4, -0.2) is 49.4 Å². The summed E-state index contributed by atoms with van der Waals surface area (Å²) in [5.41, 5.74) is 3.01. The van der Waals surface area contributed by atoms with E-state index in [1.807, 2.05) is 25.1 Å². The molecule has 7 heteroatoms. The smallest absolute Gasteiger partial charge is 0.151 e. The molecule has 1 aromatic carbocycles. The number of nitrogens with zero attached hydrogens (tertiary/aromatic N) is 4. The largest absolute Gasteiger partial charge is 0.507 e. The normalized spacial score (nSPS) is 18.8. The molecule has 1 fully saturated rings. The van der Waals surface area contributed by atoms with Gasteiger partial charge in [0.05, 0.1) is 16.7 Å². The molecule has 4 rings (SSSR count). The van der Waals surface area contributed by atoms with E-state index in [0.29, 0.717) is 17.3 Å². The van der Waals surface area contributed by atoms with Crippen LogP contribution >= 0.6 is 0 Å². The van der Waals surface area contributed by atoms with Gasteiger partial charge < -0.3 is 20.3 Å². The van der Waals surface area contributed by atoms with Gasteiger partial charge >= 0.3 is 0 Å². The molecule has 29 heavy (non-hydrogen) atoms. The van der Waals surface area contributed by atoms with E-state index in [4.69, 9.17) is 0 Å². The molecule has 1 aliphatic rings. The van der Waals surface area contributed by atoms with Gasteiger partial charge in [0, 0.05) is 35.8 Å². The van der Waals surface area contributed by atoms with Crippen LogP contribution in [0.1, 0.15) is 46.4 Å². The number of rotatable bonds is 3. The van der Waals surface area contributed by atoms with E-state index >= 15 is 0 Å². The molecule has 154 valence electrons. The number of phenols is 1. The van der Waals surface area contributed by atoms with Crippen molar-refractivity contribution >= 4 is 16.9 Å². The Morgan fingerprint density at radius 1 is 1.07 bits per heavy atom. The van der Waals surface area contributed by atoms with Gasteiger partial charge in [-0.2, -0.15) is 0 Å². The lowest BCUT2D eigenvalue weighted by atomic mass is 9.79. The number of aromatic amines is 1. The highest BCUT2D eigenvalue weighted by Gasteiger charge is 2.39. The fraction of sp³-hybridized carbons (Fsp3) is 0.500. The van der Waals surface area contributed by atoms with Crippen molar-refractivity contribution in [3.8, 4) is 17.0 Å². The lowest BCUT2D eigenvalue weighted by Crippen LogP contribution is -2.62. The molecule has 7 nitrogen and oxygen atoms in total. The Bertz CT molecular complexity index is 1020. The fourth-order valence-electron chi connectivity index (χ4n) is 4.76. The molecule has 1 aliphatic heterocycles. The van der Waals surface area contributed by atoms with E-state index in [9.17, 15) is 5.11 Å². The molecule has 0 unspecified atom stereocenters. The number of hydrogen-bond acceptors (Lipinski definition) is 6. The van der Waals surface area contributed by atoms with Gasteiger partial charge in [0.15, 0.2) is 5.82 Å². The first kappa shape index (κ1) is 19.6. The van der Waals surface area contributed by atoms with Crippen LogP contribution in [0.5, 0.6) is 5.75 Å². The lowest BCUT2D eigenvalue weighted by Gasteiger charge is -2.49. The third-order valence-electron chi connectivity index (χ3n) is 5.72. The zero-order valence-corrected chi connectivity index (χ0v) is 18.0. The lowest BCUT2D eigenvalue weighted by molar-refractivity contribution is 0.160. The number of aromatic nitrogens is 4. The highest BCUT2D eigenvalue weighted by molar-refractivity contribution is 5.85. The van der Waals surface area contributed by atoms with Crippen molar-refractivity contribution in [1.82, 2.24) is 25.5 Å². The first-order valence-electron chi connectivity index (χ1n) is 10.1. The van der Waals surface area contributed by atoms with Gasteiger partial charge in [-0.1, -0.05) is 0 Å². The molecule has 0 spiro atoms. The number of aryl methyl sites for hydroxylation is 1. The molecular weight excluding hydrogens is 364 g/mol. The molecule has 0 radical (unpaired) electrons. The Morgan fingerprint density at radius 3 is 2.38 bits per heavy atom. The summed E-state index contributed by atoms with van der Waals surface area (Å²) in [6, 6.07) is 7.80. The Hall–Kier alpha value is -2.67. The molecule has 3 N–H and O–H groups in total. The van der Waals surface area contributed by atoms with Gasteiger partial charge in [0.2, 0.25) is 0 Å². The summed E-state index contributed by atoms with van der Waals surface area (Å²) in [7, 11) is 2.09. The minimum atomic E-state index is 0.0664. The Kier molecular flexibility index (Phi) is 4.53. The van der Waals surface area contributed by atoms with Crippen LogP contribution in [0.15, 0.2) is 24.3 Å². The molecule has 3 heterocycles.